The van der Waals surface area contributed by atoms with Gasteiger partial charge in [-0.05, 0) is 38.6 Å². The molecule has 4 heteroatoms. The minimum atomic E-state index is 0. The Balaban J connectivity index is 0.000000980. The lowest BCUT2D eigenvalue weighted by molar-refractivity contribution is 0.137. The summed E-state index contributed by atoms with van der Waals surface area (Å²) < 4.78 is 0. The van der Waals surface area contributed by atoms with Crippen LogP contribution >= 0.6 is 24.6 Å². The van der Waals surface area contributed by atoms with E-state index in [2.05, 4.69) is 11.9 Å². The number of thiocarbonyl (C=S) groups is 1. The van der Waals surface area contributed by atoms with Crippen LogP contribution < -0.4 is 5.73 Å². The van der Waals surface area contributed by atoms with Crippen LogP contribution in [0.25, 0.3) is 0 Å². The van der Waals surface area contributed by atoms with Gasteiger partial charge in [-0.2, -0.15) is 0 Å². The summed E-state index contributed by atoms with van der Waals surface area (Å²) in [7, 11) is 2.26. The zero-order valence-corrected chi connectivity index (χ0v) is 10.2. The number of nitrogens with zero attached hydrogens (tertiary/aromatic N) is 1. The summed E-state index contributed by atoms with van der Waals surface area (Å²) in [6.45, 7) is 0. The van der Waals surface area contributed by atoms with Crippen LogP contribution in [0.5, 0.6) is 0 Å². The van der Waals surface area contributed by atoms with E-state index in [4.69, 9.17) is 18.0 Å². The van der Waals surface area contributed by atoms with Crippen molar-refractivity contribution in [3.63, 3.8) is 0 Å². The molecule has 0 aromatic heterocycles. The molecule has 3 atom stereocenters. The molecule has 0 aliphatic carbocycles. The molecule has 2 nitrogen and oxygen atoms in total. The van der Waals surface area contributed by atoms with Crippen molar-refractivity contribution in [3.8, 4) is 0 Å². The first-order valence-electron chi connectivity index (χ1n) is 5.17. The Labute approximate surface area is 97.6 Å². The Morgan fingerprint density at radius 1 is 1.36 bits per heavy atom. The second-order valence-corrected chi connectivity index (χ2v) is 5.08. The molecule has 0 spiro atoms. The molecule has 0 amide bonds. The molecule has 2 aliphatic rings. The molecule has 0 aromatic rings. The van der Waals surface area contributed by atoms with Crippen molar-refractivity contribution in [3.05, 3.63) is 0 Å². The van der Waals surface area contributed by atoms with Crippen LogP contribution in [-0.4, -0.2) is 29.0 Å². The van der Waals surface area contributed by atoms with Gasteiger partial charge in [0.2, 0.25) is 0 Å². The first-order valence-corrected chi connectivity index (χ1v) is 5.58. The van der Waals surface area contributed by atoms with Gasteiger partial charge in [0.15, 0.2) is 0 Å². The standard InChI is InChI=1S/C10H18N2S.ClH/c1-12-8-2-3-9(12)5-7(4-8)6-10(11)13;/h7-9H,2-6H2,1H3,(H2,11,13);1H/t7?,8-,9+;. The summed E-state index contributed by atoms with van der Waals surface area (Å²) in [6.07, 6.45) is 6.36. The number of fused-ring (bicyclic) bond motifs is 2. The normalized spacial score (nSPS) is 36.5. The maximum absolute atomic E-state index is 5.59. The fraction of sp³-hybridized carbons (Fsp3) is 0.900. The highest BCUT2D eigenvalue weighted by atomic mass is 35.5. The SMILES string of the molecule is CN1[C@@H]2CC[C@H]1CC(CC(N)=S)C2.Cl. The van der Waals surface area contributed by atoms with Gasteiger partial charge in [0.25, 0.3) is 0 Å². The Morgan fingerprint density at radius 2 is 1.86 bits per heavy atom. The molecule has 2 fully saturated rings. The largest absolute Gasteiger partial charge is 0.393 e. The number of halogens is 1. The van der Waals surface area contributed by atoms with Gasteiger partial charge in [0.1, 0.15) is 0 Å². The van der Waals surface area contributed by atoms with E-state index in [0.717, 1.165) is 24.4 Å². The minimum absolute atomic E-state index is 0. The van der Waals surface area contributed by atoms with Crippen molar-refractivity contribution in [1.29, 1.82) is 0 Å². The van der Waals surface area contributed by atoms with Crippen LogP contribution in [0.1, 0.15) is 32.1 Å². The maximum atomic E-state index is 5.59. The summed E-state index contributed by atoms with van der Waals surface area (Å²) in [5, 5.41) is 0. The highest BCUT2D eigenvalue weighted by Gasteiger charge is 2.38. The van der Waals surface area contributed by atoms with Gasteiger partial charge in [0, 0.05) is 18.5 Å². The summed E-state index contributed by atoms with van der Waals surface area (Å²) in [4.78, 5) is 3.25. The molecule has 2 bridgehead atoms. The Kier molecular flexibility index (Phi) is 4.16. The highest BCUT2D eigenvalue weighted by molar-refractivity contribution is 7.80. The summed E-state index contributed by atoms with van der Waals surface area (Å²) in [5.74, 6) is 0.770. The topological polar surface area (TPSA) is 29.3 Å². The summed E-state index contributed by atoms with van der Waals surface area (Å²) in [5.41, 5.74) is 5.59. The first-order chi connectivity index (χ1) is 6.16. The van der Waals surface area contributed by atoms with Crippen LogP contribution in [0.15, 0.2) is 0 Å². The molecule has 2 rings (SSSR count). The van der Waals surface area contributed by atoms with Crippen LogP contribution in [0.2, 0.25) is 0 Å². The summed E-state index contributed by atoms with van der Waals surface area (Å²) in [6, 6.07) is 1.64. The van der Waals surface area contributed by atoms with Crippen molar-refractivity contribution < 1.29 is 0 Å². The van der Waals surface area contributed by atoms with E-state index in [-0.39, 0.29) is 12.4 Å². The smallest absolute Gasteiger partial charge is 0.0730 e. The molecule has 2 heterocycles. The van der Waals surface area contributed by atoms with Crippen molar-refractivity contribution in [2.45, 2.75) is 44.2 Å². The molecule has 14 heavy (non-hydrogen) atoms. The zero-order valence-electron chi connectivity index (χ0n) is 8.61. The second-order valence-electron chi connectivity index (χ2n) is 4.56. The third kappa shape index (κ3) is 2.38. The van der Waals surface area contributed by atoms with Gasteiger partial charge < -0.3 is 10.6 Å². The second kappa shape index (κ2) is 4.77. The van der Waals surface area contributed by atoms with E-state index in [0.29, 0.717) is 4.99 Å². The number of rotatable bonds is 2. The average molecular weight is 235 g/mol. The molecule has 2 aliphatic heterocycles. The number of hydrogen-bond donors (Lipinski definition) is 1. The molecule has 1 unspecified atom stereocenters. The third-order valence-electron chi connectivity index (χ3n) is 3.69. The number of piperidine rings is 1. The van der Waals surface area contributed by atoms with Crippen LogP contribution in [-0.2, 0) is 0 Å². The van der Waals surface area contributed by atoms with Gasteiger partial charge in [-0.15, -0.1) is 12.4 Å². The van der Waals surface area contributed by atoms with E-state index in [1.54, 1.807) is 0 Å². The number of nitrogens with two attached hydrogens (primary N) is 1. The van der Waals surface area contributed by atoms with E-state index in [9.17, 15) is 0 Å². The minimum Gasteiger partial charge on any atom is -0.393 e. The molecular weight excluding hydrogens is 216 g/mol. The van der Waals surface area contributed by atoms with Gasteiger partial charge in [0.05, 0.1) is 4.99 Å². The van der Waals surface area contributed by atoms with Gasteiger partial charge in [-0.3, -0.25) is 0 Å². The fourth-order valence-corrected chi connectivity index (χ4v) is 3.21. The Morgan fingerprint density at radius 3 is 2.29 bits per heavy atom. The molecule has 2 saturated heterocycles. The molecule has 82 valence electrons. The average Bonchev–Trinajstić information content (AvgIpc) is 2.33. The van der Waals surface area contributed by atoms with E-state index in [1.165, 1.54) is 25.7 Å². The van der Waals surface area contributed by atoms with Gasteiger partial charge in [-0.1, -0.05) is 12.2 Å². The van der Waals surface area contributed by atoms with Crippen molar-refractivity contribution in [1.82, 2.24) is 4.90 Å². The highest BCUT2D eigenvalue weighted by Crippen LogP contribution is 2.38. The van der Waals surface area contributed by atoms with E-state index < -0.39 is 0 Å². The maximum Gasteiger partial charge on any atom is 0.0730 e. The monoisotopic (exact) mass is 234 g/mol. The molecular formula is C10H19ClN2S. The van der Waals surface area contributed by atoms with Crippen molar-refractivity contribution in [2.75, 3.05) is 7.05 Å². The quantitative estimate of drug-likeness (QED) is 0.741. The van der Waals surface area contributed by atoms with Crippen molar-refractivity contribution >= 4 is 29.6 Å². The van der Waals surface area contributed by atoms with Gasteiger partial charge >= 0.3 is 0 Å². The third-order valence-corrected chi connectivity index (χ3v) is 3.85. The lowest BCUT2D eigenvalue weighted by Crippen LogP contribution is -2.40. The molecule has 0 saturated carbocycles. The molecule has 0 radical (unpaired) electrons. The zero-order chi connectivity index (χ0) is 9.42. The summed E-state index contributed by atoms with van der Waals surface area (Å²) >= 11 is 4.97. The molecule has 2 N–H and O–H groups in total. The predicted molar refractivity (Wildman–Crippen MR) is 65.9 cm³/mol. The number of hydrogen-bond acceptors (Lipinski definition) is 2. The van der Waals surface area contributed by atoms with Crippen LogP contribution in [0.3, 0.4) is 0 Å². The van der Waals surface area contributed by atoms with Crippen molar-refractivity contribution in [2.24, 2.45) is 11.7 Å². The van der Waals surface area contributed by atoms with E-state index >= 15 is 0 Å². The lowest BCUT2D eigenvalue weighted by atomic mass is 9.88. The fourth-order valence-electron chi connectivity index (χ4n) is 2.98. The van der Waals surface area contributed by atoms with Gasteiger partial charge in [-0.25, -0.2) is 0 Å². The lowest BCUT2D eigenvalue weighted by Gasteiger charge is -2.36. The Hall–Kier alpha value is 0.140. The van der Waals surface area contributed by atoms with Crippen LogP contribution in [0.4, 0.5) is 0 Å². The Bertz CT molecular complexity index is 208. The first kappa shape index (κ1) is 12.2. The van der Waals surface area contributed by atoms with E-state index in [1.807, 2.05) is 0 Å². The molecule has 0 aromatic carbocycles. The van der Waals surface area contributed by atoms with Crippen LogP contribution in [0, 0.1) is 5.92 Å². The predicted octanol–water partition coefficient (Wildman–Crippen LogP) is 1.96.